The molecule has 0 rings (SSSR count). The van der Waals surface area contributed by atoms with E-state index in [-0.39, 0.29) is 17.1 Å². The molecule has 0 aliphatic rings. The second kappa shape index (κ2) is 3.03. The molecule has 0 aliphatic carbocycles. The van der Waals surface area contributed by atoms with Crippen LogP contribution in [0, 0.1) is 61.6 Å². The molecule has 0 bridgehead atoms. The summed E-state index contributed by atoms with van der Waals surface area (Å²) in [5.41, 5.74) is 0. The topological polar surface area (TPSA) is 143 Å². The van der Waals surface area contributed by atoms with Gasteiger partial charge in [-0.2, -0.15) is 0 Å². The van der Waals surface area contributed by atoms with Gasteiger partial charge < -0.3 is 0 Å². The van der Waals surface area contributed by atoms with Gasteiger partial charge in [0.2, 0.25) is 0 Å². The van der Waals surface area contributed by atoms with E-state index in [4.69, 9.17) is 31.6 Å². The third kappa shape index (κ3) is 1.02. The molecule has 0 radical (unpaired) electrons. The van der Waals surface area contributed by atoms with Crippen molar-refractivity contribution in [1.29, 1.82) is 31.6 Å². The van der Waals surface area contributed by atoms with Gasteiger partial charge in [0.1, 0.15) is 0 Å². The molecule has 0 heterocycles. The van der Waals surface area contributed by atoms with E-state index in [0.29, 0.717) is 0 Å². The predicted molar refractivity (Wildman–Crippen MR) is 33.7 cm³/mol. The van der Waals surface area contributed by atoms with Crippen molar-refractivity contribution in [2.24, 2.45) is 0 Å². The van der Waals surface area contributed by atoms with Gasteiger partial charge in [-0.1, -0.05) is 0 Å². The number of rotatable bonds is 0. The Morgan fingerprint density at radius 1 is 0.500 bits per heavy atom. The molecule has 0 spiro atoms. The molecule has 14 heavy (non-hydrogen) atoms. The summed E-state index contributed by atoms with van der Waals surface area (Å²) in [5.74, 6) is 0. The maximum absolute atomic E-state index is 8.58. The van der Waals surface area contributed by atoms with Crippen molar-refractivity contribution in [3.63, 3.8) is 0 Å². The van der Waals surface area contributed by atoms with Gasteiger partial charge in [-0.3, -0.25) is 0 Å². The Kier molecular flexibility index (Phi) is 3.13. The first-order valence-corrected chi connectivity index (χ1v) is 5.46. The minimum absolute atomic E-state index is 0. The molecule has 0 fully saturated rings. The smallest absolute Gasteiger partial charge is 0 e. The van der Waals surface area contributed by atoms with Crippen LogP contribution >= 0.6 is 0 Å². The molecule has 0 saturated heterocycles. The minimum Gasteiger partial charge on any atom is 0 e. The van der Waals surface area contributed by atoms with Crippen LogP contribution in [0.2, 0.25) is 0 Å². The second-order valence-electron chi connectivity index (χ2n) is 1.70. The Bertz CT molecular complexity index is 392. The number of nitriles is 6. The van der Waals surface area contributed by atoms with Crippen LogP contribution in [0.1, 0.15) is 0 Å². The van der Waals surface area contributed by atoms with Gasteiger partial charge in [-0.25, -0.2) is 0 Å². The molecule has 0 aromatic heterocycles. The van der Waals surface area contributed by atoms with E-state index >= 15 is 0 Å². The Morgan fingerprint density at radius 2 is 0.643 bits per heavy atom. The quantitative estimate of drug-likeness (QED) is 0.571. The van der Waals surface area contributed by atoms with Crippen molar-refractivity contribution in [2.45, 2.75) is 0 Å². The summed E-state index contributed by atoms with van der Waals surface area (Å²) in [5, 5.41) is 57.6. The zero-order chi connectivity index (χ0) is 10.7. The zero-order valence-corrected chi connectivity index (χ0v) is 8.52. The van der Waals surface area contributed by atoms with Crippen LogP contribution in [-0.4, -0.2) is 0 Å². The molecule has 0 unspecified atom stereocenters. The molecule has 71 valence electrons. The monoisotopic (exact) mass is 271 g/mol. The van der Waals surface area contributed by atoms with E-state index in [0.717, 1.165) is 30.0 Å². The first-order chi connectivity index (χ1) is 5.97. The summed E-state index contributed by atoms with van der Waals surface area (Å²) in [6, 6.07) is 0. The van der Waals surface area contributed by atoms with Crippen LogP contribution in [0.5, 0.6) is 0 Å². The molecule has 0 N–H and O–H groups in total. The SMILES string of the molecule is N#[C][Co]([C]#N)([C]#N)([C]#N)([C]#N)[C]#N.[Fe]. The van der Waals surface area contributed by atoms with Crippen LogP contribution in [0.25, 0.3) is 0 Å². The van der Waals surface area contributed by atoms with Gasteiger partial charge in [0, 0.05) is 17.1 Å². The molecule has 6 nitrogen and oxygen atoms in total. The van der Waals surface area contributed by atoms with Crippen LogP contribution in [-0.2, 0) is 27.6 Å². The number of nitrogens with zero attached hydrogens (tertiary/aromatic N) is 6. The van der Waals surface area contributed by atoms with Crippen molar-refractivity contribution >= 4 is 0 Å². The van der Waals surface area contributed by atoms with Crippen LogP contribution in [0.15, 0.2) is 0 Å². The van der Waals surface area contributed by atoms with Crippen LogP contribution in [0.3, 0.4) is 0 Å². The van der Waals surface area contributed by atoms with Crippen LogP contribution in [0.4, 0.5) is 0 Å². The van der Waals surface area contributed by atoms with Crippen molar-refractivity contribution < 1.29 is 27.6 Å². The predicted octanol–water partition coefficient (Wildman–Crippen LogP) is 0.0957. The molecule has 0 aromatic rings. The maximum Gasteiger partial charge on any atom is 0 e. The normalized spacial score (nSPS) is 12.4. The summed E-state index contributed by atoms with van der Waals surface area (Å²) in [6.07, 6.45) is 0. The van der Waals surface area contributed by atoms with Crippen LogP contribution < -0.4 is 0 Å². The molecule has 0 aromatic carbocycles. The molecule has 0 atom stereocenters. The van der Waals surface area contributed by atoms with E-state index in [2.05, 4.69) is 0 Å². The first kappa shape index (κ1) is 14.5. The summed E-state index contributed by atoms with van der Waals surface area (Å²) in [4.78, 5) is 0. The average Bonchev–Trinajstić information content (AvgIpc) is 2.26. The average molecular weight is 271 g/mol. The van der Waals surface area contributed by atoms with Gasteiger partial charge >= 0.3 is 72.1 Å². The Balaban J connectivity index is 0. The van der Waals surface area contributed by atoms with E-state index < -0.39 is 10.5 Å². The fourth-order valence-electron chi connectivity index (χ4n) is 0.250. The van der Waals surface area contributed by atoms with Gasteiger partial charge in [0.25, 0.3) is 0 Å². The van der Waals surface area contributed by atoms with E-state index in [1.165, 1.54) is 0 Å². The summed E-state index contributed by atoms with van der Waals surface area (Å²) < 4.78 is 0. The van der Waals surface area contributed by atoms with E-state index in [9.17, 15) is 0 Å². The van der Waals surface area contributed by atoms with Crippen molar-refractivity contribution in [1.82, 2.24) is 0 Å². The molecular formula is C6CoFeN6. The van der Waals surface area contributed by atoms with Crippen molar-refractivity contribution in [3.8, 4) is 30.0 Å². The Hall–Kier alpha value is -2.03. The van der Waals surface area contributed by atoms with Crippen molar-refractivity contribution in [3.05, 3.63) is 0 Å². The number of hydrogen-bond donors (Lipinski definition) is 0. The van der Waals surface area contributed by atoms with Gasteiger partial charge in [0.05, 0.1) is 0 Å². The zero-order valence-electron chi connectivity index (χ0n) is 6.37. The Morgan fingerprint density at radius 3 is 0.643 bits per heavy atom. The molecule has 0 amide bonds. The summed E-state index contributed by atoms with van der Waals surface area (Å²) in [6.45, 7) is 0. The maximum atomic E-state index is 8.58. The molecule has 0 saturated carbocycles. The van der Waals surface area contributed by atoms with Gasteiger partial charge in [0.15, 0.2) is 0 Å². The Labute approximate surface area is 89.2 Å². The summed E-state index contributed by atoms with van der Waals surface area (Å²) in [7, 11) is -6.03. The van der Waals surface area contributed by atoms with E-state index in [1.54, 1.807) is 0 Å². The third-order valence-electron chi connectivity index (χ3n) is 1.12. The minimum atomic E-state index is -6.03. The third-order valence-corrected chi connectivity index (χ3v) is 4.61. The molecular weight excluding hydrogens is 271 g/mol. The fourth-order valence-corrected chi connectivity index (χ4v) is 1.03. The molecule has 0 aliphatic heterocycles. The van der Waals surface area contributed by atoms with Gasteiger partial charge in [-0.15, -0.1) is 0 Å². The van der Waals surface area contributed by atoms with E-state index in [1.807, 2.05) is 0 Å². The number of hydrogen-bond acceptors (Lipinski definition) is 6. The van der Waals surface area contributed by atoms with Gasteiger partial charge in [-0.05, 0) is 0 Å². The van der Waals surface area contributed by atoms with Crippen molar-refractivity contribution in [2.75, 3.05) is 0 Å². The summed E-state index contributed by atoms with van der Waals surface area (Å²) >= 11 is 0. The fraction of sp³-hybridized carbons (Fsp3) is 0. The largest absolute Gasteiger partial charge is 0 e. The standard InChI is InChI=1S/6CN.Co.Fe/c6*1-2;;. The first-order valence-electron chi connectivity index (χ1n) is 2.34. The molecule has 8 heteroatoms. The second-order valence-corrected chi connectivity index (χ2v) is 7.00.